The van der Waals surface area contributed by atoms with E-state index in [2.05, 4.69) is 5.32 Å². The van der Waals surface area contributed by atoms with E-state index in [1.807, 2.05) is 0 Å². The lowest BCUT2D eigenvalue weighted by Crippen LogP contribution is -2.42. The summed E-state index contributed by atoms with van der Waals surface area (Å²) in [6.45, 7) is 0. The fourth-order valence-electron chi connectivity index (χ4n) is 2.56. The molecule has 0 saturated heterocycles. The van der Waals surface area contributed by atoms with Gasteiger partial charge in [0.25, 0.3) is 5.69 Å². The van der Waals surface area contributed by atoms with E-state index in [1.165, 1.54) is 24.3 Å². The summed E-state index contributed by atoms with van der Waals surface area (Å²) in [6, 6.07) is 4.08. The number of aliphatic carboxylic acids is 3. The summed E-state index contributed by atoms with van der Waals surface area (Å²) < 4.78 is 0. The molecule has 0 aliphatic heterocycles. The number of nitrogens with one attached hydrogen (secondary N) is 1. The van der Waals surface area contributed by atoms with Crippen LogP contribution in [0.3, 0.4) is 0 Å². The minimum Gasteiger partial charge on any atom is -0.481 e. The molecule has 1 aromatic rings. The van der Waals surface area contributed by atoms with Gasteiger partial charge in [-0.05, 0) is 24.0 Å². The van der Waals surface area contributed by atoms with Crippen molar-refractivity contribution in [3.8, 4) is 0 Å². The number of carboxylic acid groups (broad SMARTS) is 3. The van der Waals surface area contributed by atoms with E-state index >= 15 is 0 Å². The maximum atomic E-state index is 12.2. The highest BCUT2D eigenvalue weighted by Crippen LogP contribution is 2.37. The summed E-state index contributed by atoms with van der Waals surface area (Å²) in [6.07, 6.45) is 0.523. The average molecular weight is 442 g/mol. The third-order valence-corrected chi connectivity index (χ3v) is 6.73. The molecule has 4 N–H and O–H groups in total. The van der Waals surface area contributed by atoms with Gasteiger partial charge in [-0.3, -0.25) is 24.5 Å². The molecule has 0 bridgehead atoms. The predicted molar refractivity (Wildman–Crippen MR) is 107 cm³/mol. The first-order chi connectivity index (χ1) is 14.1. The van der Waals surface area contributed by atoms with Gasteiger partial charge in [-0.15, -0.1) is 7.92 Å². The Morgan fingerprint density at radius 1 is 0.933 bits per heavy atom. The molecule has 1 aromatic carbocycles. The van der Waals surface area contributed by atoms with E-state index in [0.717, 1.165) is 0 Å². The molecule has 1 rings (SSSR count). The zero-order valence-electron chi connectivity index (χ0n) is 16.0. The van der Waals surface area contributed by atoms with Gasteiger partial charge in [-0.1, -0.05) is 12.1 Å². The second-order valence-electron chi connectivity index (χ2n) is 6.47. The highest BCUT2D eigenvalue weighted by atomic mass is 31.1. The van der Waals surface area contributed by atoms with Crippen molar-refractivity contribution in [2.75, 3.05) is 18.5 Å². The highest BCUT2D eigenvalue weighted by molar-refractivity contribution is 7.57. The molecule has 164 valence electrons. The summed E-state index contributed by atoms with van der Waals surface area (Å²) in [7, 11) is -0.990. The average Bonchev–Trinajstić information content (AvgIpc) is 2.66. The van der Waals surface area contributed by atoms with Crippen molar-refractivity contribution in [3.05, 3.63) is 39.9 Å². The molecule has 0 aliphatic rings. The van der Waals surface area contributed by atoms with Gasteiger partial charge in [0.2, 0.25) is 5.91 Å². The molecule has 0 heterocycles. The number of non-ortho nitro benzene ring substituents is 1. The number of nitrogens with zero attached hydrogens (tertiary/aromatic N) is 1. The Hall–Kier alpha value is -3.07. The molecule has 0 aromatic heterocycles. The lowest BCUT2D eigenvalue weighted by molar-refractivity contribution is -0.384. The number of hydrogen-bond donors (Lipinski definition) is 4. The molecule has 0 radical (unpaired) electrons. The van der Waals surface area contributed by atoms with E-state index < -0.39 is 42.7 Å². The second-order valence-corrected chi connectivity index (χ2v) is 9.15. The number of nitro groups is 1. The molecule has 1 unspecified atom stereocenters. The predicted octanol–water partition coefficient (Wildman–Crippen LogP) is 1.53. The third-order valence-electron chi connectivity index (χ3n) is 4.16. The van der Waals surface area contributed by atoms with Gasteiger partial charge in [0.15, 0.2) is 0 Å². The number of rotatable bonds is 14. The lowest BCUT2D eigenvalue weighted by atomic mass is 10.1. The van der Waals surface area contributed by atoms with Gasteiger partial charge in [0.1, 0.15) is 6.04 Å². The van der Waals surface area contributed by atoms with Crippen LogP contribution in [0.5, 0.6) is 0 Å². The van der Waals surface area contributed by atoms with Crippen LogP contribution >= 0.6 is 7.92 Å². The SMILES string of the molecule is O=C(O)CCP(CCC(=O)O)CCC(=O)NC(Cc1ccc([N+](=O)[O-])cc1)C(=O)O. The number of carbonyl (C=O) groups excluding carboxylic acids is 1. The summed E-state index contributed by atoms with van der Waals surface area (Å²) in [5, 5.41) is 40.0. The van der Waals surface area contributed by atoms with Crippen LogP contribution in [0.4, 0.5) is 5.69 Å². The molecule has 1 atom stereocenters. The smallest absolute Gasteiger partial charge is 0.326 e. The Balaban J connectivity index is 2.63. The zero-order valence-corrected chi connectivity index (χ0v) is 16.9. The van der Waals surface area contributed by atoms with E-state index in [-0.39, 0.29) is 43.7 Å². The number of benzene rings is 1. The standard InChI is InChI=1S/C18H23N2O9P/c21-15(5-8-30(9-6-16(22)23)10-7-17(24)25)19-14(18(26)27)11-12-1-3-13(4-2-12)20(28)29/h1-4,14H,5-11H2,(H,19,21)(H,22,23)(H,24,25)(H,26,27). The fraction of sp³-hybridized carbons (Fsp3) is 0.444. The number of amides is 1. The lowest BCUT2D eigenvalue weighted by Gasteiger charge is -2.18. The molecular formula is C18H23N2O9P. The van der Waals surface area contributed by atoms with Gasteiger partial charge in [0, 0.05) is 37.8 Å². The van der Waals surface area contributed by atoms with Crippen LogP contribution in [0.1, 0.15) is 24.8 Å². The molecular weight excluding hydrogens is 419 g/mol. The number of carbonyl (C=O) groups is 4. The second kappa shape index (κ2) is 12.5. The first-order valence-corrected chi connectivity index (χ1v) is 10.9. The van der Waals surface area contributed by atoms with Crippen molar-refractivity contribution in [2.45, 2.75) is 31.7 Å². The molecule has 11 nitrogen and oxygen atoms in total. The normalized spacial score (nSPS) is 11.6. The van der Waals surface area contributed by atoms with E-state index in [9.17, 15) is 34.4 Å². The number of hydrogen-bond acceptors (Lipinski definition) is 6. The number of nitro benzene ring substituents is 1. The van der Waals surface area contributed by atoms with Crippen LogP contribution in [0, 0.1) is 10.1 Å². The van der Waals surface area contributed by atoms with Gasteiger partial charge in [-0.2, -0.15) is 0 Å². The van der Waals surface area contributed by atoms with Gasteiger partial charge in [0.05, 0.1) is 4.92 Å². The zero-order chi connectivity index (χ0) is 22.7. The monoisotopic (exact) mass is 442 g/mol. The van der Waals surface area contributed by atoms with Crippen molar-refractivity contribution in [1.82, 2.24) is 5.32 Å². The van der Waals surface area contributed by atoms with Crippen molar-refractivity contribution < 1.29 is 39.4 Å². The largest absolute Gasteiger partial charge is 0.481 e. The minimum absolute atomic E-state index is 0.0466. The molecule has 1 amide bonds. The summed E-state index contributed by atoms with van der Waals surface area (Å²) in [5.74, 6) is -3.81. The van der Waals surface area contributed by atoms with Gasteiger partial charge in [-0.25, -0.2) is 4.79 Å². The first kappa shape index (κ1) is 25.0. The third kappa shape index (κ3) is 9.92. The summed E-state index contributed by atoms with van der Waals surface area (Å²) in [4.78, 5) is 55.2. The van der Waals surface area contributed by atoms with Crippen LogP contribution in [-0.2, 0) is 25.6 Å². The van der Waals surface area contributed by atoms with Crippen LogP contribution in [0.15, 0.2) is 24.3 Å². The summed E-state index contributed by atoms with van der Waals surface area (Å²) >= 11 is 0. The van der Waals surface area contributed by atoms with Crippen molar-refractivity contribution in [3.63, 3.8) is 0 Å². The molecule has 0 spiro atoms. The van der Waals surface area contributed by atoms with Crippen molar-refractivity contribution in [2.24, 2.45) is 0 Å². The molecule has 0 saturated carbocycles. The van der Waals surface area contributed by atoms with Crippen molar-refractivity contribution in [1.29, 1.82) is 0 Å². The maximum Gasteiger partial charge on any atom is 0.326 e. The van der Waals surface area contributed by atoms with Crippen LogP contribution in [0.2, 0.25) is 0 Å². The van der Waals surface area contributed by atoms with E-state index in [4.69, 9.17) is 10.2 Å². The first-order valence-electron chi connectivity index (χ1n) is 9.00. The minimum atomic E-state index is -1.26. The Labute approximate surface area is 173 Å². The summed E-state index contributed by atoms with van der Waals surface area (Å²) in [5.41, 5.74) is 0.365. The number of carboxylic acids is 3. The van der Waals surface area contributed by atoms with Crippen LogP contribution in [0.25, 0.3) is 0 Å². The van der Waals surface area contributed by atoms with Gasteiger partial charge >= 0.3 is 17.9 Å². The molecule has 12 heteroatoms. The van der Waals surface area contributed by atoms with E-state index in [1.54, 1.807) is 0 Å². The topological polar surface area (TPSA) is 184 Å². The van der Waals surface area contributed by atoms with Crippen LogP contribution < -0.4 is 5.32 Å². The van der Waals surface area contributed by atoms with Crippen LogP contribution in [-0.4, -0.2) is 68.6 Å². The Morgan fingerprint density at radius 3 is 1.87 bits per heavy atom. The quantitative estimate of drug-likeness (QED) is 0.188. The Morgan fingerprint density at radius 2 is 1.43 bits per heavy atom. The fourth-order valence-corrected chi connectivity index (χ4v) is 4.76. The molecule has 30 heavy (non-hydrogen) atoms. The van der Waals surface area contributed by atoms with Crippen molar-refractivity contribution >= 4 is 37.4 Å². The molecule has 0 aliphatic carbocycles. The Kier molecular flexibility index (Phi) is 10.4. The highest BCUT2D eigenvalue weighted by Gasteiger charge is 2.22. The molecule has 0 fully saturated rings. The van der Waals surface area contributed by atoms with E-state index in [0.29, 0.717) is 11.7 Å². The Bertz CT molecular complexity index is 764. The van der Waals surface area contributed by atoms with Gasteiger partial charge < -0.3 is 20.6 Å². The maximum absolute atomic E-state index is 12.2.